The molecular weight excluding hydrogens is 294 g/mol. The van der Waals surface area contributed by atoms with Crippen molar-refractivity contribution in [1.82, 2.24) is 4.98 Å². The summed E-state index contributed by atoms with van der Waals surface area (Å²) >= 11 is 0. The Morgan fingerprint density at radius 3 is 2.00 bits per heavy atom. The van der Waals surface area contributed by atoms with Crippen LogP contribution in [0.5, 0.6) is 0 Å². The Kier molecular flexibility index (Phi) is 3.51. The molecule has 4 aromatic rings. The van der Waals surface area contributed by atoms with Gasteiger partial charge in [-0.15, -0.1) is 0 Å². The summed E-state index contributed by atoms with van der Waals surface area (Å²) in [4.78, 5) is 15.6. The van der Waals surface area contributed by atoms with Crippen LogP contribution >= 0.6 is 0 Å². The molecule has 116 valence electrons. The van der Waals surface area contributed by atoms with E-state index >= 15 is 0 Å². The van der Waals surface area contributed by atoms with Gasteiger partial charge in [0.05, 0.1) is 5.52 Å². The first kappa shape index (κ1) is 14.5. The molecule has 0 aliphatic heterocycles. The number of carbonyl (C=O) groups excluding carboxylic acids is 1. The van der Waals surface area contributed by atoms with Crippen LogP contribution in [0.2, 0.25) is 0 Å². The van der Waals surface area contributed by atoms with E-state index in [1.54, 1.807) is 6.92 Å². The zero-order valence-corrected chi connectivity index (χ0v) is 13.4. The van der Waals surface area contributed by atoms with Crippen LogP contribution in [0.25, 0.3) is 33.3 Å². The molecule has 0 fully saturated rings. The lowest BCUT2D eigenvalue weighted by Crippen LogP contribution is -1.94. The SMILES string of the molecule is CC(=O)c1cc(-c2ccccc2)cc2cc(-c3ccccc3)[nH]c12. The lowest BCUT2D eigenvalue weighted by molar-refractivity contribution is 0.101. The second kappa shape index (κ2) is 5.82. The summed E-state index contributed by atoms with van der Waals surface area (Å²) in [6.45, 7) is 1.62. The zero-order chi connectivity index (χ0) is 16.5. The van der Waals surface area contributed by atoms with Crippen LogP contribution in [0.1, 0.15) is 17.3 Å². The molecule has 2 nitrogen and oxygen atoms in total. The van der Waals surface area contributed by atoms with Gasteiger partial charge in [0.25, 0.3) is 0 Å². The zero-order valence-electron chi connectivity index (χ0n) is 13.4. The number of aromatic amines is 1. The van der Waals surface area contributed by atoms with Gasteiger partial charge in [0.2, 0.25) is 0 Å². The van der Waals surface area contributed by atoms with Crippen LogP contribution in [0.4, 0.5) is 0 Å². The topological polar surface area (TPSA) is 32.9 Å². The number of nitrogens with one attached hydrogen (secondary N) is 1. The van der Waals surface area contributed by atoms with Crippen molar-refractivity contribution in [3.63, 3.8) is 0 Å². The number of rotatable bonds is 3. The van der Waals surface area contributed by atoms with E-state index in [4.69, 9.17) is 0 Å². The molecule has 0 saturated carbocycles. The second-order valence-corrected chi connectivity index (χ2v) is 5.96. The predicted octanol–water partition coefficient (Wildman–Crippen LogP) is 5.70. The molecule has 4 rings (SSSR count). The van der Waals surface area contributed by atoms with Crippen molar-refractivity contribution in [3.05, 3.63) is 84.4 Å². The number of carbonyl (C=O) groups is 1. The normalized spacial score (nSPS) is 10.9. The molecule has 0 saturated heterocycles. The smallest absolute Gasteiger partial charge is 0.161 e. The van der Waals surface area contributed by atoms with E-state index in [1.807, 2.05) is 42.5 Å². The van der Waals surface area contributed by atoms with E-state index in [0.29, 0.717) is 0 Å². The van der Waals surface area contributed by atoms with Crippen LogP contribution in [0.3, 0.4) is 0 Å². The van der Waals surface area contributed by atoms with Gasteiger partial charge >= 0.3 is 0 Å². The number of aromatic nitrogens is 1. The van der Waals surface area contributed by atoms with Crippen LogP contribution < -0.4 is 0 Å². The van der Waals surface area contributed by atoms with E-state index in [9.17, 15) is 4.79 Å². The van der Waals surface area contributed by atoms with Gasteiger partial charge in [-0.25, -0.2) is 0 Å². The average molecular weight is 311 g/mol. The Bertz CT molecular complexity index is 1010. The molecule has 1 N–H and O–H groups in total. The molecule has 0 atom stereocenters. The molecule has 24 heavy (non-hydrogen) atoms. The van der Waals surface area contributed by atoms with Crippen molar-refractivity contribution < 1.29 is 4.79 Å². The maximum Gasteiger partial charge on any atom is 0.161 e. The minimum atomic E-state index is 0.0687. The Morgan fingerprint density at radius 2 is 1.38 bits per heavy atom. The monoisotopic (exact) mass is 311 g/mol. The molecule has 0 aliphatic carbocycles. The number of benzene rings is 3. The summed E-state index contributed by atoms with van der Waals surface area (Å²) in [7, 11) is 0. The molecule has 0 radical (unpaired) electrons. The number of hydrogen-bond donors (Lipinski definition) is 1. The van der Waals surface area contributed by atoms with Crippen LogP contribution in [-0.4, -0.2) is 10.8 Å². The summed E-state index contributed by atoms with van der Waals surface area (Å²) in [6, 6.07) is 26.6. The number of hydrogen-bond acceptors (Lipinski definition) is 1. The van der Waals surface area contributed by atoms with Gasteiger partial charge in [0, 0.05) is 16.6 Å². The first-order valence-electron chi connectivity index (χ1n) is 8.01. The highest BCUT2D eigenvalue weighted by Crippen LogP contribution is 2.31. The Hall–Kier alpha value is -3.13. The van der Waals surface area contributed by atoms with Crippen LogP contribution in [0.15, 0.2) is 78.9 Å². The molecule has 0 amide bonds. The van der Waals surface area contributed by atoms with Crippen molar-refractivity contribution in [2.24, 2.45) is 0 Å². The van der Waals surface area contributed by atoms with Gasteiger partial charge in [-0.1, -0.05) is 60.7 Å². The summed E-state index contributed by atoms with van der Waals surface area (Å²) in [5, 5.41) is 1.06. The lowest BCUT2D eigenvalue weighted by atomic mass is 9.99. The van der Waals surface area contributed by atoms with Crippen molar-refractivity contribution in [2.75, 3.05) is 0 Å². The largest absolute Gasteiger partial charge is 0.354 e. The quantitative estimate of drug-likeness (QED) is 0.483. The standard InChI is InChI=1S/C22H17NO/c1-15(24)20-13-18(16-8-4-2-5-9-16)12-19-14-21(23-22(19)20)17-10-6-3-7-11-17/h2-14,23H,1H3. The highest BCUT2D eigenvalue weighted by molar-refractivity contribution is 6.08. The van der Waals surface area contributed by atoms with Gasteiger partial charge in [-0.3, -0.25) is 4.79 Å². The van der Waals surface area contributed by atoms with Crippen molar-refractivity contribution in [2.45, 2.75) is 6.92 Å². The molecule has 0 aliphatic rings. The van der Waals surface area contributed by atoms with Gasteiger partial charge in [-0.2, -0.15) is 0 Å². The molecule has 0 spiro atoms. The first-order valence-corrected chi connectivity index (χ1v) is 8.01. The molecule has 0 unspecified atom stereocenters. The number of H-pyrrole nitrogens is 1. The highest BCUT2D eigenvalue weighted by atomic mass is 16.1. The molecule has 2 heteroatoms. The fraction of sp³-hybridized carbons (Fsp3) is 0.0455. The van der Waals surface area contributed by atoms with Crippen molar-refractivity contribution >= 4 is 16.7 Å². The summed E-state index contributed by atoms with van der Waals surface area (Å²) in [6.07, 6.45) is 0. The van der Waals surface area contributed by atoms with E-state index in [-0.39, 0.29) is 5.78 Å². The predicted molar refractivity (Wildman–Crippen MR) is 99.2 cm³/mol. The van der Waals surface area contributed by atoms with Gasteiger partial charge in [-0.05, 0) is 41.8 Å². The summed E-state index contributed by atoms with van der Waals surface area (Å²) in [5.41, 5.74) is 5.95. The number of ketones is 1. The molecule has 1 aromatic heterocycles. The first-order chi connectivity index (χ1) is 11.7. The van der Waals surface area contributed by atoms with E-state index in [2.05, 4.69) is 41.4 Å². The van der Waals surface area contributed by atoms with Gasteiger partial charge < -0.3 is 4.98 Å². The Labute approximate surface area is 140 Å². The van der Waals surface area contributed by atoms with E-state index < -0.39 is 0 Å². The van der Waals surface area contributed by atoms with Crippen LogP contribution in [-0.2, 0) is 0 Å². The summed E-state index contributed by atoms with van der Waals surface area (Å²) in [5.74, 6) is 0.0687. The van der Waals surface area contributed by atoms with Crippen LogP contribution in [0, 0.1) is 0 Å². The molecule has 1 heterocycles. The van der Waals surface area contributed by atoms with Gasteiger partial charge in [0.1, 0.15) is 0 Å². The van der Waals surface area contributed by atoms with Crippen molar-refractivity contribution in [3.8, 4) is 22.4 Å². The highest BCUT2D eigenvalue weighted by Gasteiger charge is 2.13. The third kappa shape index (κ3) is 2.52. The number of fused-ring (bicyclic) bond motifs is 1. The minimum Gasteiger partial charge on any atom is -0.354 e. The fourth-order valence-corrected chi connectivity index (χ4v) is 3.09. The second-order valence-electron chi connectivity index (χ2n) is 5.96. The average Bonchev–Trinajstić information content (AvgIpc) is 3.06. The van der Waals surface area contributed by atoms with E-state index in [1.165, 1.54) is 0 Å². The third-order valence-electron chi connectivity index (χ3n) is 4.30. The Morgan fingerprint density at radius 1 is 0.750 bits per heavy atom. The Balaban J connectivity index is 1.95. The maximum atomic E-state index is 12.2. The number of Topliss-reactive ketones (excluding diaryl/α,β-unsaturated/α-hetero) is 1. The third-order valence-corrected chi connectivity index (χ3v) is 4.30. The molecule has 3 aromatic carbocycles. The van der Waals surface area contributed by atoms with Gasteiger partial charge in [0.15, 0.2) is 5.78 Å². The van der Waals surface area contributed by atoms with E-state index in [0.717, 1.165) is 38.9 Å². The molecular formula is C22H17NO. The fourth-order valence-electron chi connectivity index (χ4n) is 3.09. The van der Waals surface area contributed by atoms with Crippen molar-refractivity contribution in [1.29, 1.82) is 0 Å². The molecule has 0 bridgehead atoms. The minimum absolute atomic E-state index is 0.0687. The lowest BCUT2D eigenvalue weighted by Gasteiger charge is -2.06. The maximum absolute atomic E-state index is 12.2. The summed E-state index contributed by atoms with van der Waals surface area (Å²) < 4.78 is 0.